The molecule has 0 radical (unpaired) electrons. The fourth-order valence-corrected chi connectivity index (χ4v) is 0.459. The van der Waals surface area contributed by atoms with Crippen LogP contribution in [0.3, 0.4) is 0 Å². The van der Waals surface area contributed by atoms with Gasteiger partial charge in [-0.1, -0.05) is 6.92 Å². The van der Waals surface area contributed by atoms with E-state index in [9.17, 15) is 9.59 Å². The molecular formula is C7H12O5. The number of ether oxygens (including phenoxy) is 2. The van der Waals surface area contributed by atoms with Crippen LogP contribution < -0.4 is 0 Å². The maximum absolute atomic E-state index is 10.5. The minimum atomic E-state index is -0.720. The second-order valence-electron chi connectivity index (χ2n) is 1.95. The highest BCUT2D eigenvalue weighted by molar-refractivity contribution is 5.70. The lowest BCUT2D eigenvalue weighted by Gasteiger charge is -2.03. The second kappa shape index (κ2) is 6.60. The summed E-state index contributed by atoms with van der Waals surface area (Å²) in [5.41, 5.74) is 0. The molecule has 0 saturated carbocycles. The molecular weight excluding hydrogens is 164 g/mol. The molecule has 0 aliphatic carbocycles. The zero-order valence-electron chi connectivity index (χ0n) is 6.91. The van der Waals surface area contributed by atoms with E-state index in [-0.39, 0.29) is 19.2 Å². The van der Waals surface area contributed by atoms with Crippen molar-refractivity contribution in [1.29, 1.82) is 0 Å². The number of carbonyl (C=O) groups excluding carboxylic acids is 2. The van der Waals surface area contributed by atoms with Crippen molar-refractivity contribution < 1.29 is 24.2 Å². The Bertz CT molecular complexity index is 136. The lowest BCUT2D eigenvalue weighted by molar-refractivity contribution is -0.153. The molecule has 0 aromatic carbocycles. The van der Waals surface area contributed by atoms with Crippen molar-refractivity contribution in [2.45, 2.75) is 13.3 Å². The molecule has 0 amide bonds. The highest BCUT2D eigenvalue weighted by atomic mass is 16.6. The van der Waals surface area contributed by atoms with Crippen molar-refractivity contribution >= 4 is 11.9 Å². The zero-order chi connectivity index (χ0) is 9.40. The SMILES string of the molecule is CCC(=O)OCCOC(=O)CO. The number of hydrogen-bond donors (Lipinski definition) is 1. The summed E-state index contributed by atoms with van der Waals surface area (Å²) in [6, 6.07) is 0. The summed E-state index contributed by atoms with van der Waals surface area (Å²) in [5.74, 6) is -1.06. The molecule has 0 spiro atoms. The Kier molecular flexibility index (Phi) is 6.00. The van der Waals surface area contributed by atoms with Crippen molar-refractivity contribution in [2.75, 3.05) is 19.8 Å². The van der Waals surface area contributed by atoms with E-state index in [0.29, 0.717) is 6.42 Å². The first-order valence-corrected chi connectivity index (χ1v) is 3.62. The van der Waals surface area contributed by atoms with Crippen LogP contribution in [0.15, 0.2) is 0 Å². The Balaban J connectivity index is 3.21. The Morgan fingerprint density at radius 2 is 1.67 bits per heavy atom. The van der Waals surface area contributed by atoms with Gasteiger partial charge in [-0.25, -0.2) is 4.79 Å². The van der Waals surface area contributed by atoms with Crippen LogP contribution in [0.25, 0.3) is 0 Å². The van der Waals surface area contributed by atoms with E-state index in [1.807, 2.05) is 0 Å². The lowest BCUT2D eigenvalue weighted by Crippen LogP contribution is -2.15. The van der Waals surface area contributed by atoms with Gasteiger partial charge in [0.25, 0.3) is 0 Å². The first-order chi connectivity index (χ1) is 5.70. The van der Waals surface area contributed by atoms with Gasteiger partial charge in [0, 0.05) is 6.42 Å². The third kappa shape index (κ3) is 5.67. The molecule has 5 nitrogen and oxygen atoms in total. The summed E-state index contributed by atoms with van der Waals surface area (Å²) in [6.45, 7) is 1.05. The van der Waals surface area contributed by atoms with E-state index in [1.54, 1.807) is 6.92 Å². The molecule has 0 fully saturated rings. The molecule has 0 aromatic rings. The monoisotopic (exact) mass is 176 g/mol. The molecule has 0 rings (SSSR count). The Morgan fingerprint density at radius 3 is 2.08 bits per heavy atom. The zero-order valence-corrected chi connectivity index (χ0v) is 6.91. The second-order valence-corrected chi connectivity index (χ2v) is 1.95. The van der Waals surface area contributed by atoms with Crippen LogP contribution in [0.4, 0.5) is 0 Å². The van der Waals surface area contributed by atoms with Crippen LogP contribution in [-0.2, 0) is 19.1 Å². The first-order valence-electron chi connectivity index (χ1n) is 3.62. The summed E-state index contributed by atoms with van der Waals surface area (Å²) >= 11 is 0. The fraction of sp³-hybridized carbons (Fsp3) is 0.714. The van der Waals surface area contributed by atoms with E-state index in [0.717, 1.165) is 0 Å². The molecule has 70 valence electrons. The van der Waals surface area contributed by atoms with Crippen LogP contribution in [0, 0.1) is 0 Å². The molecule has 0 unspecified atom stereocenters. The van der Waals surface area contributed by atoms with Crippen LogP contribution in [0.1, 0.15) is 13.3 Å². The van der Waals surface area contributed by atoms with Crippen LogP contribution in [-0.4, -0.2) is 36.9 Å². The minimum Gasteiger partial charge on any atom is -0.462 e. The van der Waals surface area contributed by atoms with Gasteiger partial charge < -0.3 is 14.6 Å². The standard InChI is InChI=1S/C7H12O5/c1-2-6(9)11-3-4-12-7(10)5-8/h8H,2-5H2,1H3. The molecule has 12 heavy (non-hydrogen) atoms. The summed E-state index contributed by atoms with van der Waals surface area (Å²) in [4.78, 5) is 20.8. The first kappa shape index (κ1) is 10.9. The number of esters is 2. The van der Waals surface area contributed by atoms with Crippen molar-refractivity contribution in [3.05, 3.63) is 0 Å². The molecule has 0 aliphatic rings. The summed E-state index contributed by atoms with van der Waals surface area (Å²) in [5, 5.41) is 8.21. The Labute approximate surface area is 70.3 Å². The molecule has 1 N–H and O–H groups in total. The smallest absolute Gasteiger partial charge is 0.331 e. The summed E-state index contributed by atoms with van der Waals surface area (Å²) in [6.07, 6.45) is 0.300. The molecule has 0 bridgehead atoms. The number of rotatable bonds is 5. The van der Waals surface area contributed by atoms with Gasteiger partial charge in [-0.15, -0.1) is 0 Å². The number of carbonyl (C=O) groups is 2. The molecule has 0 aromatic heterocycles. The van der Waals surface area contributed by atoms with E-state index >= 15 is 0 Å². The molecule has 5 heteroatoms. The fourth-order valence-electron chi connectivity index (χ4n) is 0.459. The van der Waals surface area contributed by atoms with Crippen LogP contribution in [0.2, 0.25) is 0 Å². The van der Waals surface area contributed by atoms with Gasteiger partial charge in [-0.2, -0.15) is 0 Å². The van der Waals surface area contributed by atoms with Gasteiger partial charge in [0.2, 0.25) is 0 Å². The van der Waals surface area contributed by atoms with Crippen LogP contribution in [0.5, 0.6) is 0 Å². The van der Waals surface area contributed by atoms with Gasteiger partial charge in [-0.05, 0) is 0 Å². The largest absolute Gasteiger partial charge is 0.462 e. The minimum absolute atomic E-state index is 0.00880. The third-order valence-electron chi connectivity index (χ3n) is 1.03. The predicted octanol–water partition coefficient (Wildman–Crippen LogP) is -0.525. The van der Waals surface area contributed by atoms with Crippen molar-refractivity contribution in [1.82, 2.24) is 0 Å². The molecule has 0 aliphatic heterocycles. The van der Waals surface area contributed by atoms with Crippen molar-refractivity contribution in [3.8, 4) is 0 Å². The van der Waals surface area contributed by atoms with E-state index < -0.39 is 12.6 Å². The average molecular weight is 176 g/mol. The quantitative estimate of drug-likeness (QED) is 0.450. The number of aliphatic hydroxyl groups excluding tert-OH is 1. The maximum atomic E-state index is 10.5. The van der Waals surface area contributed by atoms with Gasteiger partial charge in [0.15, 0.2) is 0 Å². The number of aliphatic hydroxyl groups is 1. The predicted molar refractivity (Wildman–Crippen MR) is 39.3 cm³/mol. The highest BCUT2D eigenvalue weighted by Crippen LogP contribution is 1.85. The lowest BCUT2D eigenvalue weighted by atomic mass is 10.5. The van der Waals surface area contributed by atoms with Gasteiger partial charge >= 0.3 is 11.9 Å². The number of hydrogen-bond acceptors (Lipinski definition) is 5. The third-order valence-corrected chi connectivity index (χ3v) is 1.03. The summed E-state index contributed by atoms with van der Waals surface area (Å²) < 4.78 is 9.01. The van der Waals surface area contributed by atoms with Crippen LogP contribution >= 0.6 is 0 Å². The maximum Gasteiger partial charge on any atom is 0.331 e. The van der Waals surface area contributed by atoms with Gasteiger partial charge in [0.05, 0.1) is 0 Å². The van der Waals surface area contributed by atoms with E-state index in [2.05, 4.69) is 9.47 Å². The molecule has 0 saturated heterocycles. The molecule has 0 heterocycles. The highest BCUT2D eigenvalue weighted by Gasteiger charge is 2.00. The van der Waals surface area contributed by atoms with E-state index in [4.69, 9.17) is 5.11 Å². The Hall–Kier alpha value is -1.10. The topological polar surface area (TPSA) is 72.8 Å². The molecule has 0 atom stereocenters. The Morgan fingerprint density at radius 1 is 1.17 bits per heavy atom. The average Bonchev–Trinajstić information content (AvgIpc) is 2.11. The van der Waals surface area contributed by atoms with E-state index in [1.165, 1.54) is 0 Å². The van der Waals surface area contributed by atoms with Gasteiger partial charge in [0.1, 0.15) is 19.8 Å². The van der Waals surface area contributed by atoms with Gasteiger partial charge in [-0.3, -0.25) is 4.79 Å². The summed E-state index contributed by atoms with van der Waals surface area (Å²) in [7, 11) is 0. The van der Waals surface area contributed by atoms with Crippen molar-refractivity contribution in [3.63, 3.8) is 0 Å². The van der Waals surface area contributed by atoms with Crippen molar-refractivity contribution in [2.24, 2.45) is 0 Å². The normalized spacial score (nSPS) is 9.17.